The zero-order valence-corrected chi connectivity index (χ0v) is 35.2. The molecule has 2 heterocycles. The van der Waals surface area contributed by atoms with Gasteiger partial charge in [0.05, 0.1) is 39.9 Å². The average Bonchev–Trinajstić information content (AvgIpc) is 3.90. The molecule has 7 atom stereocenters. The molecular weight excluding hydrogens is 839 g/mol. The van der Waals surface area contributed by atoms with Crippen molar-refractivity contribution in [3.8, 4) is 5.75 Å². The second kappa shape index (κ2) is 21.9. The maximum Gasteiger partial charge on any atom is 0.307 e. The molecule has 4 rings (SSSR count). The number of hydrogen-bond donors (Lipinski definition) is 5. The Balaban J connectivity index is 1.55. The Hall–Kier alpha value is -4.44. The number of carbonyl (C=O) groups excluding carboxylic acids is 5. The monoisotopic (exact) mass is 895 g/mol. The standard InChI is InChI=1S/C43H56IN5O8/c1-4-10-34(45)37(51)21-29(18-28-14-15-36(50)33(44)19-28)41(54)48-40(26(3)5-2)39(53)22-30(20-32-24-46-25-47-32)42(55)49-16-9-13-35(49)38(52)23-31(43(56)57)17-27-11-7-6-8-12-27/h6-8,11-12,14-15,19,24-26,29-31,34-35,40,50H,4-5,9-10,13,16-18,20-23,45H2,1-3H3,(H,46,47)(H,48,54)(H,56,57)/t26?,29-,30-,31-,34+,35+,40+/m1/s1/i44-2. The van der Waals surface area contributed by atoms with Gasteiger partial charge in [-0.05, 0) is 83.9 Å². The molecule has 14 heteroatoms. The summed E-state index contributed by atoms with van der Waals surface area (Å²) in [5.41, 5.74) is 8.31. The molecule has 1 saturated heterocycles. The Morgan fingerprint density at radius 2 is 1.65 bits per heavy atom. The minimum Gasteiger partial charge on any atom is -0.507 e. The van der Waals surface area contributed by atoms with E-state index in [0.29, 0.717) is 41.4 Å². The van der Waals surface area contributed by atoms with Gasteiger partial charge >= 0.3 is 5.97 Å². The molecule has 1 aliphatic rings. The quantitative estimate of drug-likeness (QED) is 0.0785. The van der Waals surface area contributed by atoms with E-state index in [-0.39, 0.29) is 74.1 Å². The number of imidazole rings is 1. The van der Waals surface area contributed by atoms with Gasteiger partial charge in [-0.1, -0.05) is 70.0 Å². The number of ketones is 3. The maximum atomic E-state index is 14.4. The number of carboxylic acid groups (broad SMARTS) is 1. The van der Waals surface area contributed by atoms with E-state index in [4.69, 9.17) is 5.73 Å². The van der Waals surface area contributed by atoms with E-state index < -0.39 is 53.7 Å². The van der Waals surface area contributed by atoms with Crippen molar-refractivity contribution in [2.45, 2.75) is 110 Å². The number of aromatic hydroxyl groups is 1. The zero-order valence-electron chi connectivity index (χ0n) is 33.0. The molecule has 0 spiro atoms. The van der Waals surface area contributed by atoms with Gasteiger partial charge in [-0.25, -0.2) is 4.98 Å². The third-order valence-electron chi connectivity index (χ3n) is 11.0. The van der Waals surface area contributed by atoms with Crippen molar-refractivity contribution in [2.75, 3.05) is 6.54 Å². The number of amides is 2. The number of Topliss-reactive ketones (excluding diaryl/α,β-unsaturated/α-hetero) is 3. The van der Waals surface area contributed by atoms with Crippen LogP contribution >= 0.6 is 22.6 Å². The number of rotatable bonds is 23. The summed E-state index contributed by atoms with van der Waals surface area (Å²) in [5, 5.41) is 23.0. The first-order valence-corrected chi connectivity index (χ1v) is 21.0. The molecule has 0 aliphatic carbocycles. The number of H-pyrrole nitrogens is 1. The Morgan fingerprint density at radius 3 is 2.28 bits per heavy atom. The summed E-state index contributed by atoms with van der Waals surface area (Å²) in [5.74, 6) is -5.86. The molecule has 1 fully saturated rings. The van der Waals surface area contributed by atoms with Crippen LogP contribution in [0, 0.1) is 27.2 Å². The van der Waals surface area contributed by atoms with Gasteiger partial charge in [0.15, 0.2) is 11.6 Å². The Morgan fingerprint density at radius 1 is 0.947 bits per heavy atom. The molecule has 1 aliphatic heterocycles. The highest BCUT2D eigenvalue weighted by Gasteiger charge is 2.40. The largest absolute Gasteiger partial charge is 0.507 e. The van der Waals surface area contributed by atoms with Crippen molar-refractivity contribution >= 4 is 57.7 Å². The van der Waals surface area contributed by atoms with Gasteiger partial charge in [0.25, 0.3) is 0 Å². The van der Waals surface area contributed by atoms with Gasteiger partial charge in [-0.2, -0.15) is 0 Å². The van der Waals surface area contributed by atoms with Crippen LogP contribution in [0.25, 0.3) is 0 Å². The highest BCUT2D eigenvalue weighted by molar-refractivity contribution is 14.1. The molecule has 0 saturated carbocycles. The fourth-order valence-electron chi connectivity index (χ4n) is 7.54. The number of phenols is 1. The lowest BCUT2D eigenvalue weighted by Gasteiger charge is -2.30. The van der Waals surface area contributed by atoms with Crippen molar-refractivity contribution in [3.63, 3.8) is 0 Å². The van der Waals surface area contributed by atoms with Crippen LogP contribution in [-0.4, -0.2) is 84.9 Å². The summed E-state index contributed by atoms with van der Waals surface area (Å²) in [4.78, 5) is 90.7. The van der Waals surface area contributed by atoms with Crippen LogP contribution in [-0.2, 0) is 48.0 Å². The number of carbonyl (C=O) groups is 6. The second-order valence-electron chi connectivity index (χ2n) is 15.4. The van der Waals surface area contributed by atoms with Crippen LogP contribution in [0.5, 0.6) is 5.75 Å². The van der Waals surface area contributed by atoms with E-state index in [1.165, 1.54) is 17.3 Å². The third kappa shape index (κ3) is 13.0. The molecule has 1 aromatic heterocycles. The highest BCUT2D eigenvalue weighted by Crippen LogP contribution is 2.28. The first kappa shape index (κ1) is 45.3. The fourth-order valence-corrected chi connectivity index (χ4v) is 8.11. The van der Waals surface area contributed by atoms with Gasteiger partial charge in [0, 0.05) is 50.0 Å². The molecule has 3 aromatic rings. The van der Waals surface area contributed by atoms with Crippen LogP contribution in [0.15, 0.2) is 61.1 Å². The normalized spacial score (nSPS) is 17.2. The highest BCUT2D eigenvalue weighted by atomic mass is 125. The minimum absolute atomic E-state index is 0.0974. The smallest absolute Gasteiger partial charge is 0.307 e. The predicted octanol–water partition coefficient (Wildman–Crippen LogP) is 5.21. The maximum absolute atomic E-state index is 14.4. The number of phenolic OH excluding ortho intramolecular Hbond substituents is 1. The van der Waals surface area contributed by atoms with Crippen LogP contribution in [0.4, 0.5) is 0 Å². The number of nitrogens with zero attached hydrogens (tertiary/aromatic N) is 2. The van der Waals surface area contributed by atoms with Crippen LogP contribution < -0.4 is 11.1 Å². The number of aromatic nitrogens is 2. The van der Waals surface area contributed by atoms with Crippen molar-refractivity contribution in [3.05, 3.63) is 81.4 Å². The van der Waals surface area contributed by atoms with E-state index in [1.54, 1.807) is 18.3 Å². The molecule has 57 heavy (non-hydrogen) atoms. The summed E-state index contributed by atoms with van der Waals surface area (Å²) in [6.07, 6.45) is 5.57. The van der Waals surface area contributed by atoms with Gasteiger partial charge < -0.3 is 31.1 Å². The van der Waals surface area contributed by atoms with E-state index in [1.807, 2.05) is 73.7 Å². The predicted molar refractivity (Wildman–Crippen MR) is 223 cm³/mol. The third-order valence-corrected chi connectivity index (χ3v) is 11.9. The number of nitrogens with two attached hydrogens (primary N) is 1. The molecule has 0 bridgehead atoms. The average molecular weight is 896 g/mol. The Labute approximate surface area is 348 Å². The van der Waals surface area contributed by atoms with Gasteiger partial charge in [-0.15, -0.1) is 0 Å². The van der Waals surface area contributed by atoms with E-state index >= 15 is 0 Å². The van der Waals surface area contributed by atoms with Crippen molar-refractivity contribution < 1.29 is 39.0 Å². The lowest BCUT2D eigenvalue weighted by molar-refractivity contribution is -0.146. The Bertz CT molecular complexity index is 1840. The fraction of sp³-hybridized carbons (Fsp3) is 0.512. The summed E-state index contributed by atoms with van der Waals surface area (Å²) in [7, 11) is 0. The van der Waals surface area contributed by atoms with Gasteiger partial charge in [0.1, 0.15) is 11.5 Å². The molecule has 13 nitrogen and oxygen atoms in total. The molecular formula is C43H56IN5O8. The van der Waals surface area contributed by atoms with Gasteiger partial charge in [0.2, 0.25) is 11.8 Å². The van der Waals surface area contributed by atoms with Crippen molar-refractivity contribution in [2.24, 2.45) is 29.4 Å². The number of aliphatic carboxylic acids is 1. The number of nitrogens with one attached hydrogen (secondary N) is 2. The number of carboxylic acids is 1. The van der Waals surface area contributed by atoms with Crippen LogP contribution in [0.3, 0.4) is 0 Å². The molecule has 0 radical (unpaired) electrons. The Kier molecular flexibility index (Phi) is 17.4. The first-order valence-electron chi connectivity index (χ1n) is 19.9. The van der Waals surface area contributed by atoms with Crippen LogP contribution in [0.1, 0.15) is 89.0 Å². The lowest BCUT2D eigenvalue weighted by Crippen LogP contribution is -2.50. The molecule has 308 valence electrons. The number of aromatic amines is 1. The van der Waals surface area contributed by atoms with Crippen molar-refractivity contribution in [1.29, 1.82) is 0 Å². The van der Waals surface area contributed by atoms with E-state index in [2.05, 4.69) is 15.3 Å². The molecule has 6 N–H and O–H groups in total. The summed E-state index contributed by atoms with van der Waals surface area (Å²) >= 11 is 2.00. The zero-order chi connectivity index (χ0) is 41.6. The first-order chi connectivity index (χ1) is 27.2. The number of benzene rings is 2. The molecule has 2 amide bonds. The number of likely N-dealkylation sites (tertiary alicyclic amines) is 1. The van der Waals surface area contributed by atoms with Crippen molar-refractivity contribution in [1.82, 2.24) is 20.2 Å². The van der Waals surface area contributed by atoms with Gasteiger partial charge in [-0.3, -0.25) is 28.8 Å². The second-order valence-corrected chi connectivity index (χ2v) is 16.5. The topological polar surface area (TPSA) is 213 Å². The molecule has 2 aromatic carbocycles. The summed E-state index contributed by atoms with van der Waals surface area (Å²) in [6.45, 7) is 5.96. The summed E-state index contributed by atoms with van der Waals surface area (Å²) in [6, 6.07) is 11.5. The van der Waals surface area contributed by atoms with E-state index in [9.17, 15) is 39.0 Å². The van der Waals surface area contributed by atoms with Crippen LogP contribution in [0.2, 0.25) is 0 Å². The number of hydrogen-bond acceptors (Lipinski definition) is 9. The number of halogens is 1. The lowest BCUT2D eigenvalue weighted by atomic mass is 9.86. The minimum atomic E-state index is -1.09. The summed E-state index contributed by atoms with van der Waals surface area (Å²) < 4.78 is 0.592. The molecule has 1 unspecified atom stereocenters. The SMILES string of the molecule is CCC[C@H](N)C(=O)C[C@@H](Cc1ccc(O)c([125I])c1)C(=O)N[C@H](C(=O)C[C@@H](Cc1cnc[nH]1)C(=O)N1CCC[C@H]1C(=O)C[C@@H](Cc1ccccc1)C(=O)O)C(C)CC. The van der Waals surface area contributed by atoms with E-state index in [0.717, 1.165) is 11.1 Å².